The van der Waals surface area contributed by atoms with Crippen LogP contribution in [0.1, 0.15) is 149 Å². The average molecular weight is 442 g/mol. The summed E-state index contributed by atoms with van der Waals surface area (Å²) in [4.78, 5) is 0. The van der Waals surface area contributed by atoms with Crippen LogP contribution >= 0.6 is 0 Å². The Hall–Kier alpha value is -0.510. The Morgan fingerprint density at radius 2 is 1.03 bits per heavy atom. The molecule has 0 bridgehead atoms. The van der Waals surface area contributed by atoms with Gasteiger partial charge in [0.2, 0.25) is 0 Å². The Balaban J connectivity index is 1.32. The second kappa shape index (κ2) is 14.7. The number of nitriles is 1. The fourth-order valence-electron chi connectivity index (χ4n) is 7.80. The standard InChI is InChI=1S/C31H55N/c1-3-5-7-9-25-11-17-28(18-12-25)29-21-15-27(16-22-29)23-31(24-32)30-19-13-26(14-20-30)10-8-6-4-2/h25-31H,3-23H2,1-2H3/t25-,26?,27-,28-,29-,30?,31?. The van der Waals surface area contributed by atoms with Crippen LogP contribution in [0.15, 0.2) is 0 Å². The van der Waals surface area contributed by atoms with Crippen molar-refractivity contribution >= 4 is 0 Å². The first-order valence-corrected chi connectivity index (χ1v) is 15.1. The van der Waals surface area contributed by atoms with E-state index >= 15 is 0 Å². The summed E-state index contributed by atoms with van der Waals surface area (Å²) in [7, 11) is 0. The van der Waals surface area contributed by atoms with Crippen LogP contribution in [0.4, 0.5) is 0 Å². The molecule has 1 atom stereocenters. The summed E-state index contributed by atoms with van der Waals surface area (Å²) >= 11 is 0. The van der Waals surface area contributed by atoms with Gasteiger partial charge in [-0.3, -0.25) is 0 Å². The third-order valence-corrected chi connectivity index (χ3v) is 10.1. The van der Waals surface area contributed by atoms with Crippen LogP contribution in [0, 0.1) is 52.8 Å². The molecule has 1 heteroatoms. The molecule has 0 radical (unpaired) electrons. The van der Waals surface area contributed by atoms with E-state index in [1.54, 1.807) is 0 Å². The molecule has 0 aromatic carbocycles. The van der Waals surface area contributed by atoms with Gasteiger partial charge in [0.15, 0.2) is 0 Å². The van der Waals surface area contributed by atoms with Gasteiger partial charge in [0, 0.05) is 5.92 Å². The van der Waals surface area contributed by atoms with Gasteiger partial charge in [-0.25, -0.2) is 0 Å². The van der Waals surface area contributed by atoms with Crippen LogP contribution in [0.2, 0.25) is 0 Å². The molecule has 3 aliphatic carbocycles. The molecule has 0 heterocycles. The van der Waals surface area contributed by atoms with E-state index < -0.39 is 0 Å². The Bertz CT molecular complexity index is 509. The van der Waals surface area contributed by atoms with Gasteiger partial charge in [-0.2, -0.15) is 5.26 Å². The summed E-state index contributed by atoms with van der Waals surface area (Å²) in [6.45, 7) is 4.63. The predicted molar refractivity (Wildman–Crippen MR) is 138 cm³/mol. The van der Waals surface area contributed by atoms with Crippen molar-refractivity contribution in [3.8, 4) is 6.07 Å². The zero-order chi connectivity index (χ0) is 22.6. The third kappa shape index (κ3) is 8.37. The monoisotopic (exact) mass is 441 g/mol. The molecular weight excluding hydrogens is 386 g/mol. The molecular formula is C31H55N. The van der Waals surface area contributed by atoms with Gasteiger partial charge in [-0.15, -0.1) is 0 Å². The van der Waals surface area contributed by atoms with Crippen LogP contribution in [-0.4, -0.2) is 0 Å². The minimum absolute atomic E-state index is 0.353. The fraction of sp³-hybridized carbons (Fsp3) is 0.968. The Morgan fingerprint density at radius 3 is 1.47 bits per heavy atom. The van der Waals surface area contributed by atoms with E-state index in [2.05, 4.69) is 19.9 Å². The summed E-state index contributed by atoms with van der Waals surface area (Å²) in [6.07, 6.45) is 30.0. The molecule has 3 saturated carbocycles. The van der Waals surface area contributed by atoms with E-state index in [0.717, 1.165) is 29.6 Å². The molecule has 0 amide bonds. The molecule has 32 heavy (non-hydrogen) atoms. The van der Waals surface area contributed by atoms with Gasteiger partial charge in [-0.1, -0.05) is 104 Å². The molecule has 0 saturated heterocycles. The molecule has 3 aliphatic rings. The van der Waals surface area contributed by atoms with E-state index in [1.807, 2.05) is 0 Å². The first-order valence-electron chi connectivity index (χ1n) is 15.1. The number of unbranched alkanes of at least 4 members (excludes halogenated alkanes) is 4. The van der Waals surface area contributed by atoms with Crippen molar-refractivity contribution in [1.82, 2.24) is 0 Å². The van der Waals surface area contributed by atoms with Crippen molar-refractivity contribution in [3.05, 3.63) is 0 Å². The number of rotatable bonds is 12. The van der Waals surface area contributed by atoms with Crippen molar-refractivity contribution < 1.29 is 0 Å². The lowest BCUT2D eigenvalue weighted by Gasteiger charge is -2.39. The maximum absolute atomic E-state index is 9.96. The van der Waals surface area contributed by atoms with Gasteiger partial charge in [0.25, 0.3) is 0 Å². The van der Waals surface area contributed by atoms with Crippen molar-refractivity contribution in [2.45, 2.75) is 149 Å². The lowest BCUT2D eigenvalue weighted by molar-refractivity contribution is 0.128. The molecule has 3 fully saturated rings. The van der Waals surface area contributed by atoms with Crippen LogP contribution < -0.4 is 0 Å². The van der Waals surface area contributed by atoms with Crippen LogP contribution in [0.5, 0.6) is 0 Å². The molecule has 0 aromatic heterocycles. The summed E-state index contributed by atoms with van der Waals surface area (Å²) in [6, 6.07) is 2.79. The Kier molecular flexibility index (Phi) is 12.0. The molecule has 0 aromatic rings. The van der Waals surface area contributed by atoms with Gasteiger partial charge in [0.1, 0.15) is 0 Å². The van der Waals surface area contributed by atoms with Gasteiger partial charge in [-0.05, 0) is 80.5 Å². The average Bonchev–Trinajstić information content (AvgIpc) is 2.84. The van der Waals surface area contributed by atoms with E-state index in [-0.39, 0.29) is 0 Å². The van der Waals surface area contributed by atoms with E-state index in [9.17, 15) is 5.26 Å². The van der Waals surface area contributed by atoms with Crippen LogP contribution in [0.3, 0.4) is 0 Å². The second-order valence-corrected chi connectivity index (χ2v) is 12.3. The third-order valence-electron chi connectivity index (χ3n) is 10.1. The lowest BCUT2D eigenvalue weighted by atomic mass is 9.66. The first kappa shape index (κ1) is 26.1. The molecule has 184 valence electrons. The minimum Gasteiger partial charge on any atom is -0.198 e. The highest BCUT2D eigenvalue weighted by atomic mass is 14.4. The molecule has 0 N–H and O–H groups in total. The van der Waals surface area contributed by atoms with Gasteiger partial charge >= 0.3 is 0 Å². The Morgan fingerprint density at radius 1 is 0.594 bits per heavy atom. The van der Waals surface area contributed by atoms with Crippen molar-refractivity contribution in [1.29, 1.82) is 5.26 Å². The highest BCUT2D eigenvalue weighted by molar-refractivity contribution is 4.93. The largest absolute Gasteiger partial charge is 0.198 e. The zero-order valence-corrected chi connectivity index (χ0v) is 21.8. The molecule has 1 unspecified atom stereocenters. The SMILES string of the molecule is CCCCCC1CCC(C(C#N)C[C@H]2CC[C@H]([C@H]3CC[C@H](CCCCC)CC3)CC2)CC1. The minimum atomic E-state index is 0.353. The highest BCUT2D eigenvalue weighted by Gasteiger charge is 2.33. The maximum atomic E-state index is 9.96. The Labute approximate surface area is 201 Å². The second-order valence-electron chi connectivity index (χ2n) is 12.3. The van der Waals surface area contributed by atoms with E-state index in [4.69, 9.17) is 0 Å². The maximum Gasteiger partial charge on any atom is 0.0658 e. The van der Waals surface area contributed by atoms with Crippen LogP contribution in [0.25, 0.3) is 0 Å². The quantitative estimate of drug-likeness (QED) is 0.276. The number of hydrogen-bond donors (Lipinski definition) is 0. The number of nitrogens with zero attached hydrogens (tertiary/aromatic N) is 1. The predicted octanol–water partition coefficient (Wildman–Crippen LogP) is 10.1. The highest BCUT2D eigenvalue weighted by Crippen LogP contribution is 2.45. The molecule has 3 rings (SSSR count). The van der Waals surface area contributed by atoms with Gasteiger partial charge in [0.05, 0.1) is 6.07 Å². The fourth-order valence-corrected chi connectivity index (χ4v) is 7.80. The first-order chi connectivity index (χ1) is 15.7. The van der Waals surface area contributed by atoms with Crippen molar-refractivity contribution in [3.63, 3.8) is 0 Å². The molecule has 0 spiro atoms. The number of hydrogen-bond acceptors (Lipinski definition) is 1. The summed E-state index contributed by atoms with van der Waals surface area (Å²) in [5.74, 6) is 5.98. The summed E-state index contributed by atoms with van der Waals surface area (Å²) in [5, 5.41) is 9.96. The lowest BCUT2D eigenvalue weighted by Crippen LogP contribution is -2.28. The summed E-state index contributed by atoms with van der Waals surface area (Å²) < 4.78 is 0. The van der Waals surface area contributed by atoms with Crippen LogP contribution in [-0.2, 0) is 0 Å². The zero-order valence-electron chi connectivity index (χ0n) is 21.8. The van der Waals surface area contributed by atoms with E-state index in [1.165, 1.54) is 135 Å². The normalized spacial score (nSPS) is 34.7. The van der Waals surface area contributed by atoms with Crippen molar-refractivity contribution in [2.75, 3.05) is 0 Å². The van der Waals surface area contributed by atoms with E-state index in [0.29, 0.717) is 11.8 Å². The van der Waals surface area contributed by atoms with Crippen molar-refractivity contribution in [2.24, 2.45) is 41.4 Å². The topological polar surface area (TPSA) is 23.8 Å². The molecule has 0 aliphatic heterocycles. The van der Waals surface area contributed by atoms with Gasteiger partial charge < -0.3 is 0 Å². The summed E-state index contributed by atoms with van der Waals surface area (Å²) in [5.41, 5.74) is 0. The smallest absolute Gasteiger partial charge is 0.0658 e. The molecule has 1 nitrogen and oxygen atoms in total.